The van der Waals surface area contributed by atoms with E-state index < -0.39 is 0 Å². The highest BCUT2D eigenvalue weighted by Gasteiger charge is 2.06. The van der Waals surface area contributed by atoms with E-state index in [0.29, 0.717) is 36.5 Å². The van der Waals surface area contributed by atoms with Gasteiger partial charge in [0.05, 0.1) is 27.4 Å². The van der Waals surface area contributed by atoms with E-state index in [1.54, 1.807) is 14.2 Å². The number of hydrogen-bond donors (Lipinski definition) is 2. The fraction of sp³-hybridized carbons (Fsp3) is 0.381. The molecule has 28 heavy (non-hydrogen) atoms. The van der Waals surface area contributed by atoms with Crippen LogP contribution in [-0.4, -0.2) is 26.8 Å². The molecular formula is C21H30IN3O3. The fourth-order valence-electron chi connectivity index (χ4n) is 2.45. The van der Waals surface area contributed by atoms with Gasteiger partial charge in [-0.2, -0.15) is 0 Å². The summed E-state index contributed by atoms with van der Waals surface area (Å²) in [6, 6.07) is 13.4. The highest BCUT2D eigenvalue weighted by Crippen LogP contribution is 2.29. The van der Waals surface area contributed by atoms with E-state index in [1.165, 1.54) is 0 Å². The minimum absolute atomic E-state index is 0. The van der Waals surface area contributed by atoms with Crippen molar-refractivity contribution in [1.29, 1.82) is 0 Å². The number of ether oxygens (including phenoxy) is 3. The molecule has 0 bridgehead atoms. The number of nitrogens with two attached hydrogens (primary N) is 1. The molecule has 0 atom stereocenters. The molecule has 0 aromatic heterocycles. The number of guanidine groups is 1. The van der Waals surface area contributed by atoms with Gasteiger partial charge in [0.25, 0.3) is 0 Å². The number of anilines is 1. The zero-order chi connectivity index (χ0) is 19.6. The number of nitrogens with one attached hydrogen (secondary N) is 1. The molecule has 2 aromatic rings. The summed E-state index contributed by atoms with van der Waals surface area (Å²) in [5, 5.41) is 3.07. The first-order chi connectivity index (χ1) is 13.0. The second kappa shape index (κ2) is 12.3. The Balaban J connectivity index is 0.00000392. The van der Waals surface area contributed by atoms with Gasteiger partial charge >= 0.3 is 0 Å². The minimum Gasteiger partial charge on any atom is -0.493 e. The molecule has 154 valence electrons. The first-order valence-corrected chi connectivity index (χ1v) is 9.03. The van der Waals surface area contributed by atoms with E-state index in [2.05, 4.69) is 24.2 Å². The van der Waals surface area contributed by atoms with Gasteiger partial charge < -0.3 is 25.3 Å². The van der Waals surface area contributed by atoms with Crippen molar-refractivity contribution in [3.8, 4) is 17.2 Å². The standard InChI is InChI=1S/C21H29N3O3.HI/c1-15(2)11-12-27-18-8-6-5-7-16(18)14-23-21(22)24-17-9-10-19(25-3)20(13-17)26-4;/h5-10,13,15H,11-12,14H2,1-4H3,(H3,22,23,24);1H. The molecule has 0 saturated heterocycles. The number of benzene rings is 2. The molecule has 0 radical (unpaired) electrons. The molecule has 0 spiro atoms. The molecule has 3 N–H and O–H groups in total. The monoisotopic (exact) mass is 499 g/mol. The van der Waals surface area contributed by atoms with E-state index >= 15 is 0 Å². The minimum atomic E-state index is 0. The molecule has 0 aliphatic carbocycles. The first kappa shape index (κ1) is 23.9. The van der Waals surface area contributed by atoms with Crippen molar-refractivity contribution in [3.05, 3.63) is 48.0 Å². The van der Waals surface area contributed by atoms with Crippen LogP contribution in [-0.2, 0) is 6.54 Å². The lowest BCUT2D eigenvalue weighted by Crippen LogP contribution is -2.22. The van der Waals surface area contributed by atoms with Crippen molar-refractivity contribution in [1.82, 2.24) is 0 Å². The molecule has 0 aliphatic heterocycles. The number of halogens is 1. The Kier molecular flexibility index (Phi) is 10.5. The number of nitrogens with zero attached hydrogens (tertiary/aromatic N) is 1. The highest BCUT2D eigenvalue weighted by molar-refractivity contribution is 14.0. The van der Waals surface area contributed by atoms with Gasteiger partial charge in [0.2, 0.25) is 0 Å². The Bertz CT molecular complexity index is 766. The van der Waals surface area contributed by atoms with Gasteiger partial charge in [-0.3, -0.25) is 0 Å². The van der Waals surface area contributed by atoms with Crippen LogP contribution in [0.5, 0.6) is 17.2 Å². The Morgan fingerprint density at radius 2 is 1.75 bits per heavy atom. The van der Waals surface area contributed by atoms with Gasteiger partial charge in [-0.25, -0.2) is 4.99 Å². The van der Waals surface area contributed by atoms with Crippen LogP contribution >= 0.6 is 24.0 Å². The van der Waals surface area contributed by atoms with Gasteiger partial charge in [-0.15, -0.1) is 24.0 Å². The molecule has 0 fully saturated rings. The normalized spacial score (nSPS) is 11.0. The van der Waals surface area contributed by atoms with Gasteiger partial charge in [0.15, 0.2) is 17.5 Å². The smallest absolute Gasteiger partial charge is 0.193 e. The van der Waals surface area contributed by atoms with Crippen LogP contribution in [0.2, 0.25) is 0 Å². The van der Waals surface area contributed by atoms with Crippen LogP contribution in [0.4, 0.5) is 5.69 Å². The summed E-state index contributed by atoms with van der Waals surface area (Å²) in [4.78, 5) is 4.42. The topological polar surface area (TPSA) is 78.1 Å². The van der Waals surface area contributed by atoms with Gasteiger partial charge in [-0.1, -0.05) is 32.0 Å². The Morgan fingerprint density at radius 1 is 1.04 bits per heavy atom. The molecule has 2 rings (SSSR count). The largest absolute Gasteiger partial charge is 0.493 e. The Morgan fingerprint density at radius 3 is 2.43 bits per heavy atom. The van der Waals surface area contributed by atoms with E-state index in [-0.39, 0.29) is 24.0 Å². The average molecular weight is 499 g/mol. The average Bonchev–Trinajstić information content (AvgIpc) is 2.66. The summed E-state index contributed by atoms with van der Waals surface area (Å²) in [5.41, 5.74) is 7.80. The second-order valence-electron chi connectivity index (χ2n) is 6.53. The van der Waals surface area contributed by atoms with E-state index in [1.807, 2.05) is 42.5 Å². The lowest BCUT2D eigenvalue weighted by molar-refractivity contribution is 0.287. The Hall–Kier alpha value is -2.16. The van der Waals surface area contributed by atoms with Crippen molar-refractivity contribution < 1.29 is 14.2 Å². The third kappa shape index (κ3) is 7.46. The lowest BCUT2D eigenvalue weighted by Gasteiger charge is -2.12. The fourth-order valence-corrected chi connectivity index (χ4v) is 2.45. The molecule has 7 heteroatoms. The summed E-state index contributed by atoms with van der Waals surface area (Å²) < 4.78 is 16.4. The summed E-state index contributed by atoms with van der Waals surface area (Å²) in [6.07, 6.45) is 1.01. The van der Waals surface area contributed by atoms with Crippen molar-refractivity contribution >= 4 is 35.6 Å². The Labute approximate surface area is 184 Å². The van der Waals surface area contributed by atoms with Crippen LogP contribution in [0, 0.1) is 5.92 Å². The number of para-hydroxylation sites is 1. The van der Waals surface area contributed by atoms with Crippen LogP contribution < -0.4 is 25.3 Å². The summed E-state index contributed by atoms with van der Waals surface area (Å²) >= 11 is 0. The number of methoxy groups -OCH3 is 2. The van der Waals surface area contributed by atoms with E-state index in [4.69, 9.17) is 19.9 Å². The molecule has 0 saturated carbocycles. The summed E-state index contributed by atoms with van der Waals surface area (Å²) in [7, 11) is 3.19. The summed E-state index contributed by atoms with van der Waals surface area (Å²) in [6.45, 7) is 5.49. The van der Waals surface area contributed by atoms with Crippen LogP contribution in [0.15, 0.2) is 47.5 Å². The zero-order valence-electron chi connectivity index (χ0n) is 16.9. The van der Waals surface area contributed by atoms with Crippen LogP contribution in [0.1, 0.15) is 25.8 Å². The number of rotatable bonds is 9. The highest BCUT2D eigenvalue weighted by atomic mass is 127. The maximum Gasteiger partial charge on any atom is 0.193 e. The maximum atomic E-state index is 6.03. The molecule has 0 heterocycles. The maximum absolute atomic E-state index is 6.03. The van der Waals surface area contributed by atoms with Crippen LogP contribution in [0.3, 0.4) is 0 Å². The first-order valence-electron chi connectivity index (χ1n) is 9.03. The van der Waals surface area contributed by atoms with Crippen molar-refractivity contribution in [2.45, 2.75) is 26.8 Å². The molecule has 2 aromatic carbocycles. The van der Waals surface area contributed by atoms with Crippen molar-refractivity contribution in [2.75, 3.05) is 26.1 Å². The predicted molar refractivity (Wildman–Crippen MR) is 125 cm³/mol. The molecule has 0 aliphatic rings. The zero-order valence-corrected chi connectivity index (χ0v) is 19.2. The van der Waals surface area contributed by atoms with E-state index in [9.17, 15) is 0 Å². The third-order valence-electron chi connectivity index (χ3n) is 4.00. The molecule has 6 nitrogen and oxygen atoms in total. The second-order valence-corrected chi connectivity index (χ2v) is 6.53. The third-order valence-corrected chi connectivity index (χ3v) is 4.00. The SMILES string of the molecule is COc1ccc(NC(N)=NCc2ccccc2OCCC(C)C)cc1OC.I. The number of hydrogen-bond acceptors (Lipinski definition) is 4. The molecule has 0 unspecified atom stereocenters. The number of aliphatic imine (C=N–C) groups is 1. The van der Waals surface area contributed by atoms with Gasteiger partial charge in [0, 0.05) is 17.3 Å². The van der Waals surface area contributed by atoms with Crippen LogP contribution in [0.25, 0.3) is 0 Å². The van der Waals surface area contributed by atoms with Gasteiger partial charge in [0.1, 0.15) is 5.75 Å². The predicted octanol–water partition coefficient (Wildman–Crippen LogP) is 4.67. The molecular weight excluding hydrogens is 469 g/mol. The lowest BCUT2D eigenvalue weighted by atomic mass is 10.1. The van der Waals surface area contributed by atoms with E-state index in [0.717, 1.165) is 23.4 Å². The quantitative estimate of drug-likeness (QED) is 0.298. The van der Waals surface area contributed by atoms with Crippen molar-refractivity contribution in [3.63, 3.8) is 0 Å². The van der Waals surface area contributed by atoms with Gasteiger partial charge in [-0.05, 0) is 30.5 Å². The summed E-state index contributed by atoms with van der Waals surface area (Å²) in [5.74, 6) is 3.06. The van der Waals surface area contributed by atoms with Crippen molar-refractivity contribution in [2.24, 2.45) is 16.6 Å². The molecule has 0 amide bonds.